The minimum absolute atomic E-state index is 0.00366. The zero-order valence-electron chi connectivity index (χ0n) is 15.1. The smallest absolute Gasteiger partial charge is 0.307 e. The molecule has 1 saturated heterocycles. The van der Waals surface area contributed by atoms with Gasteiger partial charge in [0.15, 0.2) is 0 Å². The molecule has 0 unspecified atom stereocenters. The van der Waals surface area contributed by atoms with E-state index in [0.29, 0.717) is 11.3 Å². The molecule has 142 valence electrons. The second kappa shape index (κ2) is 7.18. The van der Waals surface area contributed by atoms with Crippen molar-refractivity contribution in [3.63, 3.8) is 0 Å². The summed E-state index contributed by atoms with van der Waals surface area (Å²) < 4.78 is 0. The van der Waals surface area contributed by atoms with E-state index in [4.69, 9.17) is 0 Å². The zero-order chi connectivity index (χ0) is 19.0. The summed E-state index contributed by atoms with van der Waals surface area (Å²) in [6.45, 7) is 1.59. The summed E-state index contributed by atoms with van der Waals surface area (Å²) >= 11 is 0. The van der Waals surface area contributed by atoms with Crippen LogP contribution in [0.2, 0.25) is 0 Å². The van der Waals surface area contributed by atoms with Crippen molar-refractivity contribution < 1.29 is 19.5 Å². The Kier molecular flexibility index (Phi) is 4.72. The number of hydrogen-bond donors (Lipinski definition) is 2. The van der Waals surface area contributed by atoms with Gasteiger partial charge in [-0.15, -0.1) is 0 Å². The molecule has 2 N–H and O–H groups in total. The van der Waals surface area contributed by atoms with E-state index in [-0.39, 0.29) is 23.7 Å². The van der Waals surface area contributed by atoms with E-state index < -0.39 is 17.8 Å². The maximum Gasteiger partial charge on any atom is 0.307 e. The maximum atomic E-state index is 12.7. The van der Waals surface area contributed by atoms with E-state index in [9.17, 15) is 19.5 Å². The lowest BCUT2D eigenvalue weighted by atomic mass is 9.82. The van der Waals surface area contributed by atoms with Crippen LogP contribution in [0.5, 0.6) is 0 Å². The van der Waals surface area contributed by atoms with E-state index in [1.165, 1.54) is 6.42 Å². The van der Waals surface area contributed by atoms with Crippen LogP contribution < -0.4 is 5.32 Å². The highest BCUT2D eigenvalue weighted by molar-refractivity contribution is 5.98. The zero-order valence-corrected chi connectivity index (χ0v) is 15.1. The molecule has 2 bridgehead atoms. The molecule has 2 amide bonds. The van der Waals surface area contributed by atoms with Crippen molar-refractivity contribution in [3.05, 3.63) is 42.0 Å². The summed E-state index contributed by atoms with van der Waals surface area (Å²) in [4.78, 5) is 38.7. The number of hydrogen-bond acceptors (Lipinski definition) is 3. The Hall–Kier alpha value is -2.63. The topological polar surface area (TPSA) is 86.7 Å². The average molecular weight is 368 g/mol. The number of carboxylic acid groups (broad SMARTS) is 1. The number of benzene rings is 1. The summed E-state index contributed by atoms with van der Waals surface area (Å²) in [6.07, 6.45) is 7.89. The molecular formula is C21H24N2O4. The number of rotatable bonds is 4. The Labute approximate surface area is 158 Å². The normalized spacial score (nSPS) is 29.0. The largest absolute Gasteiger partial charge is 0.481 e. The first-order valence-electron chi connectivity index (χ1n) is 9.66. The van der Waals surface area contributed by atoms with Crippen LogP contribution >= 0.6 is 0 Å². The third-order valence-corrected chi connectivity index (χ3v) is 6.09. The molecule has 6 heteroatoms. The van der Waals surface area contributed by atoms with Crippen LogP contribution in [0.4, 0.5) is 5.69 Å². The molecule has 1 heterocycles. The summed E-state index contributed by atoms with van der Waals surface area (Å²) in [5.41, 5.74) is 1.20. The van der Waals surface area contributed by atoms with Crippen LogP contribution in [0.3, 0.4) is 0 Å². The number of carbonyl (C=O) groups is 3. The van der Waals surface area contributed by atoms with E-state index in [2.05, 4.69) is 5.32 Å². The van der Waals surface area contributed by atoms with Gasteiger partial charge in [-0.3, -0.25) is 14.4 Å². The summed E-state index contributed by atoms with van der Waals surface area (Å²) in [6, 6.07) is 6.88. The van der Waals surface area contributed by atoms with Gasteiger partial charge in [-0.1, -0.05) is 12.2 Å². The van der Waals surface area contributed by atoms with Crippen molar-refractivity contribution in [3.8, 4) is 0 Å². The Bertz CT molecular complexity index is 780. The van der Waals surface area contributed by atoms with Gasteiger partial charge in [-0.25, -0.2) is 0 Å². The molecule has 3 aliphatic rings. The van der Waals surface area contributed by atoms with Gasteiger partial charge in [0.1, 0.15) is 0 Å². The first-order valence-corrected chi connectivity index (χ1v) is 9.66. The minimum Gasteiger partial charge on any atom is -0.481 e. The number of fused-ring (bicyclic) bond motifs is 2. The molecule has 1 aromatic carbocycles. The van der Waals surface area contributed by atoms with Gasteiger partial charge in [0.05, 0.1) is 11.8 Å². The molecule has 1 saturated carbocycles. The number of amides is 2. The number of anilines is 1. The molecule has 0 radical (unpaired) electrons. The number of piperidine rings is 1. The van der Waals surface area contributed by atoms with E-state index in [1.54, 1.807) is 24.3 Å². The molecule has 2 fully saturated rings. The van der Waals surface area contributed by atoms with Gasteiger partial charge < -0.3 is 15.3 Å². The van der Waals surface area contributed by atoms with Crippen LogP contribution in [0.1, 0.15) is 36.0 Å². The SMILES string of the molecule is O=C(Nc1ccc(C(=O)N2CCCCC2)cc1)[C@@H]1[C@H](C(=O)O)[C@@H]2C=C[C@H]1C2. The highest BCUT2D eigenvalue weighted by atomic mass is 16.4. The van der Waals surface area contributed by atoms with Crippen LogP contribution in [0, 0.1) is 23.7 Å². The van der Waals surface area contributed by atoms with Crippen molar-refractivity contribution in [1.29, 1.82) is 0 Å². The van der Waals surface area contributed by atoms with Crippen molar-refractivity contribution in [1.82, 2.24) is 4.90 Å². The fraction of sp³-hybridized carbons (Fsp3) is 0.476. The summed E-state index contributed by atoms with van der Waals surface area (Å²) in [5.74, 6) is -2.38. The van der Waals surface area contributed by atoms with E-state index in [0.717, 1.165) is 32.4 Å². The lowest BCUT2D eigenvalue weighted by Gasteiger charge is -2.27. The van der Waals surface area contributed by atoms with E-state index in [1.807, 2.05) is 17.1 Å². The molecule has 1 aliphatic heterocycles. The number of nitrogens with one attached hydrogen (secondary N) is 1. The number of carboxylic acids is 1. The molecule has 2 aliphatic carbocycles. The summed E-state index contributed by atoms with van der Waals surface area (Å²) in [5, 5.41) is 12.3. The number of allylic oxidation sites excluding steroid dienone is 2. The predicted octanol–water partition coefficient (Wildman–Crippen LogP) is 2.77. The third-order valence-electron chi connectivity index (χ3n) is 6.09. The molecule has 4 atom stereocenters. The van der Waals surface area contributed by atoms with Crippen molar-refractivity contribution in [2.75, 3.05) is 18.4 Å². The minimum atomic E-state index is -0.908. The second-order valence-corrected chi connectivity index (χ2v) is 7.76. The molecule has 27 heavy (non-hydrogen) atoms. The number of carbonyl (C=O) groups excluding carboxylic acids is 2. The Balaban J connectivity index is 1.42. The predicted molar refractivity (Wildman–Crippen MR) is 100 cm³/mol. The van der Waals surface area contributed by atoms with Gasteiger partial charge in [0.25, 0.3) is 5.91 Å². The molecule has 0 aromatic heterocycles. The number of aliphatic carboxylic acids is 1. The maximum absolute atomic E-state index is 12.7. The van der Waals surface area contributed by atoms with Crippen LogP contribution in [0.15, 0.2) is 36.4 Å². The molecule has 4 rings (SSSR count). The van der Waals surface area contributed by atoms with Crippen molar-refractivity contribution in [2.45, 2.75) is 25.7 Å². The molecule has 1 aromatic rings. The third kappa shape index (κ3) is 3.36. The Morgan fingerprint density at radius 2 is 1.56 bits per heavy atom. The van der Waals surface area contributed by atoms with Crippen LogP contribution in [-0.2, 0) is 9.59 Å². The fourth-order valence-corrected chi connectivity index (χ4v) is 4.72. The molecular weight excluding hydrogens is 344 g/mol. The van der Waals surface area contributed by atoms with Gasteiger partial charge in [0.2, 0.25) is 5.91 Å². The van der Waals surface area contributed by atoms with Crippen LogP contribution in [-0.4, -0.2) is 40.9 Å². The Morgan fingerprint density at radius 3 is 2.19 bits per heavy atom. The molecule has 6 nitrogen and oxygen atoms in total. The Morgan fingerprint density at radius 1 is 0.926 bits per heavy atom. The quantitative estimate of drug-likeness (QED) is 0.800. The van der Waals surface area contributed by atoms with E-state index >= 15 is 0 Å². The lowest BCUT2D eigenvalue weighted by Crippen LogP contribution is -2.36. The van der Waals surface area contributed by atoms with Crippen molar-refractivity contribution in [2.24, 2.45) is 23.7 Å². The van der Waals surface area contributed by atoms with Crippen LogP contribution in [0.25, 0.3) is 0 Å². The molecule has 0 spiro atoms. The number of nitrogens with zero attached hydrogens (tertiary/aromatic N) is 1. The lowest BCUT2D eigenvalue weighted by molar-refractivity contribution is -0.146. The van der Waals surface area contributed by atoms with Crippen molar-refractivity contribution >= 4 is 23.5 Å². The highest BCUT2D eigenvalue weighted by Gasteiger charge is 2.51. The highest BCUT2D eigenvalue weighted by Crippen LogP contribution is 2.48. The van der Waals surface area contributed by atoms with Gasteiger partial charge in [-0.05, 0) is 61.8 Å². The first-order chi connectivity index (χ1) is 13.0. The standard InChI is InChI=1S/C21H24N2O4/c24-19(17-14-4-5-15(12-14)18(17)21(26)27)22-16-8-6-13(7-9-16)20(25)23-10-2-1-3-11-23/h4-9,14-15,17-18H,1-3,10-12H2,(H,22,24)(H,26,27)/t14-,15+,17-,18+/m0/s1. The average Bonchev–Trinajstić information content (AvgIpc) is 3.30. The van der Waals surface area contributed by atoms with Gasteiger partial charge in [-0.2, -0.15) is 0 Å². The number of likely N-dealkylation sites (tertiary alicyclic amines) is 1. The summed E-state index contributed by atoms with van der Waals surface area (Å²) in [7, 11) is 0. The van der Waals surface area contributed by atoms with Gasteiger partial charge >= 0.3 is 5.97 Å². The fourth-order valence-electron chi connectivity index (χ4n) is 4.72. The first kappa shape index (κ1) is 17.8. The monoisotopic (exact) mass is 368 g/mol. The second-order valence-electron chi connectivity index (χ2n) is 7.76. The van der Waals surface area contributed by atoms with Gasteiger partial charge in [0, 0.05) is 24.3 Å².